The number of halogens is 1. The van der Waals surface area contributed by atoms with Crippen LogP contribution in [0.15, 0.2) is 12.4 Å². The third-order valence-corrected chi connectivity index (χ3v) is 3.14. The second-order valence-electron chi connectivity index (χ2n) is 3.89. The molecule has 1 saturated heterocycles. The zero-order chi connectivity index (χ0) is 9.97. The highest BCUT2D eigenvalue weighted by molar-refractivity contribution is 6.20. The molecule has 0 aromatic carbocycles. The molecule has 3 nitrogen and oxygen atoms in total. The molecule has 1 atom stereocenters. The average Bonchev–Trinajstić information content (AvgIpc) is 2.72. The number of nitrogens with zero attached hydrogens (tertiary/aromatic N) is 3. The Balaban J connectivity index is 1.80. The van der Waals surface area contributed by atoms with Crippen molar-refractivity contribution in [2.45, 2.75) is 18.2 Å². The topological polar surface area (TPSA) is 21.1 Å². The van der Waals surface area contributed by atoms with E-state index in [0.29, 0.717) is 5.38 Å². The molecule has 0 radical (unpaired) electrons. The maximum atomic E-state index is 6.04. The SMILES string of the molecule is Cn1ccnc1CCN1CCC(Cl)C1. The van der Waals surface area contributed by atoms with Crippen LogP contribution in [-0.2, 0) is 13.5 Å². The van der Waals surface area contributed by atoms with E-state index in [9.17, 15) is 0 Å². The van der Waals surface area contributed by atoms with Crippen molar-refractivity contribution in [3.05, 3.63) is 18.2 Å². The largest absolute Gasteiger partial charge is 0.338 e. The van der Waals surface area contributed by atoms with Crippen LogP contribution < -0.4 is 0 Å². The van der Waals surface area contributed by atoms with Gasteiger partial charge in [-0.15, -0.1) is 11.6 Å². The minimum Gasteiger partial charge on any atom is -0.338 e. The molecular formula is C10H16ClN3. The van der Waals surface area contributed by atoms with Crippen LogP contribution in [0.3, 0.4) is 0 Å². The van der Waals surface area contributed by atoms with Crippen molar-refractivity contribution in [3.63, 3.8) is 0 Å². The van der Waals surface area contributed by atoms with Crippen LogP contribution in [0, 0.1) is 0 Å². The van der Waals surface area contributed by atoms with Crippen LogP contribution in [0.4, 0.5) is 0 Å². The lowest BCUT2D eigenvalue weighted by Crippen LogP contribution is -2.24. The molecule has 0 N–H and O–H groups in total. The van der Waals surface area contributed by atoms with Gasteiger partial charge in [-0.3, -0.25) is 0 Å². The predicted octanol–water partition coefficient (Wildman–Crippen LogP) is 1.28. The first kappa shape index (κ1) is 9.99. The second kappa shape index (κ2) is 4.32. The van der Waals surface area contributed by atoms with Crippen LogP contribution in [0.1, 0.15) is 12.2 Å². The third-order valence-electron chi connectivity index (χ3n) is 2.79. The molecule has 1 aliphatic heterocycles. The lowest BCUT2D eigenvalue weighted by Gasteiger charge is -2.14. The molecule has 1 aromatic rings. The van der Waals surface area contributed by atoms with Crippen LogP contribution in [0.5, 0.6) is 0 Å². The number of alkyl halides is 1. The molecule has 0 bridgehead atoms. The van der Waals surface area contributed by atoms with Gasteiger partial charge in [0.05, 0.1) is 0 Å². The van der Waals surface area contributed by atoms with Crippen molar-refractivity contribution < 1.29 is 0 Å². The quantitative estimate of drug-likeness (QED) is 0.706. The van der Waals surface area contributed by atoms with E-state index < -0.39 is 0 Å². The molecule has 0 spiro atoms. The van der Waals surface area contributed by atoms with Crippen molar-refractivity contribution in [3.8, 4) is 0 Å². The van der Waals surface area contributed by atoms with Crippen molar-refractivity contribution >= 4 is 11.6 Å². The normalized spacial score (nSPS) is 23.1. The molecule has 2 heterocycles. The Morgan fingerprint density at radius 1 is 1.64 bits per heavy atom. The van der Waals surface area contributed by atoms with Gasteiger partial charge in [0.25, 0.3) is 0 Å². The van der Waals surface area contributed by atoms with E-state index in [1.165, 1.54) is 0 Å². The minimum absolute atomic E-state index is 0.358. The summed E-state index contributed by atoms with van der Waals surface area (Å²) in [5.41, 5.74) is 0. The van der Waals surface area contributed by atoms with Gasteiger partial charge in [-0.05, 0) is 13.0 Å². The summed E-state index contributed by atoms with van der Waals surface area (Å²) >= 11 is 6.04. The molecule has 1 unspecified atom stereocenters. The molecule has 0 aliphatic carbocycles. The Morgan fingerprint density at radius 2 is 2.50 bits per heavy atom. The number of hydrogen-bond acceptors (Lipinski definition) is 2. The van der Waals surface area contributed by atoms with Gasteiger partial charge < -0.3 is 9.47 Å². The Morgan fingerprint density at radius 3 is 3.07 bits per heavy atom. The van der Waals surface area contributed by atoms with Crippen molar-refractivity contribution in [1.82, 2.24) is 14.5 Å². The molecule has 0 amide bonds. The van der Waals surface area contributed by atoms with Crippen molar-refractivity contribution in [2.24, 2.45) is 7.05 Å². The van der Waals surface area contributed by atoms with Crippen LogP contribution in [-0.4, -0.2) is 39.5 Å². The predicted molar refractivity (Wildman–Crippen MR) is 57.6 cm³/mol. The van der Waals surface area contributed by atoms with Gasteiger partial charge in [0, 0.05) is 44.3 Å². The molecule has 2 rings (SSSR count). The van der Waals surface area contributed by atoms with Crippen LogP contribution in [0.2, 0.25) is 0 Å². The van der Waals surface area contributed by atoms with E-state index in [1.54, 1.807) is 0 Å². The highest BCUT2D eigenvalue weighted by Gasteiger charge is 2.19. The van der Waals surface area contributed by atoms with E-state index in [0.717, 1.165) is 38.3 Å². The monoisotopic (exact) mass is 213 g/mol. The molecule has 4 heteroatoms. The fourth-order valence-corrected chi connectivity index (χ4v) is 2.18. The van der Waals surface area contributed by atoms with Gasteiger partial charge in [0.1, 0.15) is 5.82 Å². The Kier molecular flexibility index (Phi) is 3.08. The summed E-state index contributed by atoms with van der Waals surface area (Å²) in [4.78, 5) is 6.71. The molecule has 0 saturated carbocycles. The zero-order valence-electron chi connectivity index (χ0n) is 8.49. The lowest BCUT2D eigenvalue weighted by molar-refractivity contribution is 0.340. The number of likely N-dealkylation sites (tertiary alicyclic amines) is 1. The lowest BCUT2D eigenvalue weighted by atomic mass is 10.4. The third kappa shape index (κ3) is 2.28. The minimum atomic E-state index is 0.358. The van der Waals surface area contributed by atoms with Crippen LogP contribution >= 0.6 is 11.6 Å². The molecule has 1 aliphatic rings. The molecule has 1 aromatic heterocycles. The number of aromatic nitrogens is 2. The van der Waals surface area contributed by atoms with E-state index >= 15 is 0 Å². The first-order valence-electron chi connectivity index (χ1n) is 5.08. The average molecular weight is 214 g/mol. The number of hydrogen-bond donors (Lipinski definition) is 0. The van der Waals surface area contributed by atoms with Crippen molar-refractivity contribution in [1.29, 1.82) is 0 Å². The summed E-state index contributed by atoms with van der Waals surface area (Å²) in [5, 5.41) is 0.358. The highest BCUT2D eigenvalue weighted by atomic mass is 35.5. The van der Waals surface area contributed by atoms with Gasteiger partial charge in [-0.1, -0.05) is 0 Å². The maximum Gasteiger partial charge on any atom is 0.109 e. The van der Waals surface area contributed by atoms with Gasteiger partial charge >= 0.3 is 0 Å². The molecule has 14 heavy (non-hydrogen) atoms. The standard InChI is InChI=1S/C10H16ClN3/c1-13-7-4-12-10(13)3-6-14-5-2-9(11)8-14/h4,7,9H,2-3,5-6,8H2,1H3. The van der Waals surface area contributed by atoms with Crippen molar-refractivity contribution in [2.75, 3.05) is 19.6 Å². The van der Waals surface area contributed by atoms with Crippen LogP contribution in [0.25, 0.3) is 0 Å². The van der Waals surface area contributed by atoms with Gasteiger partial charge in [-0.2, -0.15) is 0 Å². The highest BCUT2D eigenvalue weighted by Crippen LogP contribution is 2.14. The zero-order valence-corrected chi connectivity index (χ0v) is 9.24. The smallest absolute Gasteiger partial charge is 0.109 e. The fourth-order valence-electron chi connectivity index (χ4n) is 1.88. The Bertz CT molecular complexity index is 297. The van der Waals surface area contributed by atoms with Gasteiger partial charge in [0.2, 0.25) is 0 Å². The fraction of sp³-hybridized carbons (Fsp3) is 0.700. The summed E-state index contributed by atoms with van der Waals surface area (Å²) in [6, 6.07) is 0. The van der Waals surface area contributed by atoms with E-state index in [1.807, 2.05) is 19.4 Å². The van der Waals surface area contributed by atoms with E-state index in [2.05, 4.69) is 14.5 Å². The van der Waals surface area contributed by atoms with Gasteiger partial charge in [-0.25, -0.2) is 4.98 Å². The summed E-state index contributed by atoms with van der Waals surface area (Å²) in [6.45, 7) is 3.25. The summed E-state index contributed by atoms with van der Waals surface area (Å²) < 4.78 is 2.08. The van der Waals surface area contributed by atoms with E-state index in [-0.39, 0.29) is 0 Å². The number of rotatable bonds is 3. The molecular weight excluding hydrogens is 198 g/mol. The first-order chi connectivity index (χ1) is 6.75. The summed E-state index contributed by atoms with van der Waals surface area (Å²) in [5.74, 6) is 1.16. The Labute approximate surface area is 89.7 Å². The maximum absolute atomic E-state index is 6.04. The number of imidazole rings is 1. The Hall–Kier alpha value is -0.540. The second-order valence-corrected chi connectivity index (χ2v) is 4.51. The van der Waals surface area contributed by atoms with Gasteiger partial charge in [0.15, 0.2) is 0 Å². The van der Waals surface area contributed by atoms with E-state index in [4.69, 9.17) is 11.6 Å². The summed E-state index contributed by atoms with van der Waals surface area (Å²) in [7, 11) is 2.04. The first-order valence-corrected chi connectivity index (χ1v) is 5.52. The molecule has 78 valence electrons. The number of aryl methyl sites for hydroxylation is 1. The summed E-state index contributed by atoms with van der Waals surface area (Å²) in [6.07, 6.45) is 5.99. The molecule has 1 fully saturated rings.